The lowest BCUT2D eigenvalue weighted by Crippen LogP contribution is -2.51. The van der Waals surface area contributed by atoms with E-state index < -0.39 is 15.9 Å². The number of amides is 1. The summed E-state index contributed by atoms with van der Waals surface area (Å²) in [6.45, 7) is 7.26. The molecule has 6 nitrogen and oxygen atoms in total. The van der Waals surface area contributed by atoms with Crippen molar-refractivity contribution in [1.29, 1.82) is 0 Å². The van der Waals surface area contributed by atoms with Crippen LogP contribution in [0.3, 0.4) is 0 Å². The molecule has 0 unspecified atom stereocenters. The smallest absolute Gasteiger partial charge is 0.252 e. The van der Waals surface area contributed by atoms with E-state index >= 15 is 0 Å². The Labute approximate surface area is 232 Å². The molecule has 1 amide bonds. The van der Waals surface area contributed by atoms with Gasteiger partial charge in [-0.3, -0.25) is 4.79 Å². The van der Waals surface area contributed by atoms with Gasteiger partial charge in [-0.25, -0.2) is 8.42 Å². The highest BCUT2D eigenvalue weighted by Gasteiger charge is 2.45. The predicted octanol–water partition coefficient (Wildman–Crippen LogP) is 5.42. The summed E-state index contributed by atoms with van der Waals surface area (Å²) in [4.78, 5) is 18.1. The van der Waals surface area contributed by atoms with Gasteiger partial charge in [-0.05, 0) is 42.7 Å². The number of carbonyl (C=O) groups is 1. The fourth-order valence-electron chi connectivity index (χ4n) is 5.30. The van der Waals surface area contributed by atoms with Crippen LogP contribution in [0.5, 0.6) is 0 Å². The van der Waals surface area contributed by atoms with Gasteiger partial charge in [0.15, 0.2) is 0 Å². The van der Waals surface area contributed by atoms with E-state index in [-0.39, 0.29) is 38.5 Å². The lowest BCUT2D eigenvalue weighted by Gasteiger charge is -2.38. The second-order valence-corrected chi connectivity index (χ2v) is 14.0. The molecule has 2 fully saturated rings. The van der Waals surface area contributed by atoms with E-state index in [9.17, 15) is 13.2 Å². The molecule has 1 aromatic heterocycles. The zero-order valence-electron chi connectivity index (χ0n) is 20.7. The standard InChI is InChI=1S/C27H29Cl2N3O3S2/c1-18-8-9-19(2)24(14-18)30-10-12-31(13-11-30)27(33)22-17-32(16-21(22)20-6-4-3-5-7-20)37(34,35)25-15-23(28)26(29)36-25/h3-9,14-15,21-22H,10-13,16-17H2,1-2H3/t21-,22+/m0/s1. The third-order valence-electron chi connectivity index (χ3n) is 7.34. The largest absolute Gasteiger partial charge is 0.368 e. The number of rotatable bonds is 5. The first kappa shape index (κ1) is 26.5. The van der Waals surface area contributed by atoms with Gasteiger partial charge < -0.3 is 9.80 Å². The molecule has 2 aliphatic heterocycles. The van der Waals surface area contributed by atoms with Crippen molar-refractivity contribution in [1.82, 2.24) is 9.21 Å². The van der Waals surface area contributed by atoms with Crippen molar-refractivity contribution in [2.45, 2.75) is 24.0 Å². The molecule has 0 radical (unpaired) electrons. The number of aryl methyl sites for hydroxylation is 2. The second-order valence-electron chi connectivity index (χ2n) is 9.74. The zero-order chi connectivity index (χ0) is 26.3. The Balaban J connectivity index is 1.36. The highest BCUT2D eigenvalue weighted by Crippen LogP contribution is 2.41. The Hall–Kier alpha value is -2.10. The molecule has 0 bridgehead atoms. The van der Waals surface area contributed by atoms with Crippen LogP contribution in [0, 0.1) is 19.8 Å². The van der Waals surface area contributed by atoms with Crippen molar-refractivity contribution in [3.63, 3.8) is 0 Å². The molecule has 0 aliphatic carbocycles. The summed E-state index contributed by atoms with van der Waals surface area (Å²) in [7, 11) is -3.83. The summed E-state index contributed by atoms with van der Waals surface area (Å²) in [5.74, 6) is -0.684. The van der Waals surface area contributed by atoms with Crippen LogP contribution in [-0.2, 0) is 14.8 Å². The molecule has 2 aromatic carbocycles. The van der Waals surface area contributed by atoms with Gasteiger partial charge >= 0.3 is 0 Å². The number of carbonyl (C=O) groups excluding carboxylic acids is 1. The first-order chi connectivity index (χ1) is 17.6. The monoisotopic (exact) mass is 577 g/mol. The van der Waals surface area contributed by atoms with Gasteiger partial charge in [0, 0.05) is 50.9 Å². The Bertz CT molecular complexity index is 1380. The highest BCUT2D eigenvalue weighted by molar-refractivity contribution is 7.91. The molecule has 0 spiro atoms. The first-order valence-corrected chi connectivity index (χ1v) is 15.3. The van der Waals surface area contributed by atoms with Crippen molar-refractivity contribution < 1.29 is 13.2 Å². The zero-order valence-corrected chi connectivity index (χ0v) is 23.9. The van der Waals surface area contributed by atoms with Gasteiger partial charge in [0.05, 0.1) is 10.9 Å². The molecule has 3 aromatic rings. The number of benzene rings is 2. The van der Waals surface area contributed by atoms with Gasteiger partial charge in [0.1, 0.15) is 8.55 Å². The van der Waals surface area contributed by atoms with Gasteiger partial charge in [-0.2, -0.15) is 4.31 Å². The summed E-state index contributed by atoms with van der Waals surface area (Å²) < 4.78 is 28.7. The van der Waals surface area contributed by atoms with Gasteiger partial charge in [0.2, 0.25) is 5.91 Å². The summed E-state index contributed by atoms with van der Waals surface area (Å²) in [6.07, 6.45) is 0. The molecule has 37 heavy (non-hydrogen) atoms. The van der Waals surface area contributed by atoms with E-state index in [2.05, 4.69) is 36.9 Å². The Morgan fingerprint density at radius 3 is 2.30 bits per heavy atom. The maximum atomic E-state index is 13.9. The molecule has 196 valence electrons. The number of anilines is 1. The lowest BCUT2D eigenvalue weighted by atomic mass is 9.88. The number of hydrogen-bond donors (Lipinski definition) is 0. The van der Waals surface area contributed by atoms with E-state index in [0.29, 0.717) is 13.1 Å². The average molecular weight is 579 g/mol. The molecule has 5 rings (SSSR count). The third-order valence-corrected chi connectivity index (χ3v) is 11.5. The lowest BCUT2D eigenvalue weighted by molar-refractivity contribution is -0.135. The maximum absolute atomic E-state index is 13.9. The fraction of sp³-hybridized carbons (Fsp3) is 0.370. The van der Waals surface area contributed by atoms with Gasteiger partial charge in [0.25, 0.3) is 10.0 Å². The SMILES string of the molecule is Cc1ccc(C)c(N2CCN(C(=O)[C@@H]3CN(S(=O)(=O)c4cc(Cl)c(Cl)s4)C[C@H]3c3ccccc3)CC2)c1. The number of thiophene rings is 1. The minimum atomic E-state index is -3.83. The van der Waals surface area contributed by atoms with Crippen LogP contribution >= 0.6 is 34.5 Å². The normalized spacial score (nSPS) is 21.0. The summed E-state index contributed by atoms with van der Waals surface area (Å²) >= 11 is 13.1. The molecule has 2 saturated heterocycles. The summed E-state index contributed by atoms with van der Waals surface area (Å²) in [5.41, 5.74) is 4.61. The van der Waals surface area contributed by atoms with Crippen molar-refractivity contribution in [2.24, 2.45) is 5.92 Å². The molecule has 0 N–H and O–H groups in total. The van der Waals surface area contributed by atoms with E-state index in [0.717, 1.165) is 30.0 Å². The number of sulfonamides is 1. The van der Waals surface area contributed by atoms with Gasteiger partial charge in [-0.15, -0.1) is 11.3 Å². The fourth-order valence-corrected chi connectivity index (χ4v) is 8.82. The van der Waals surface area contributed by atoms with Gasteiger partial charge in [-0.1, -0.05) is 65.7 Å². The predicted molar refractivity (Wildman–Crippen MR) is 150 cm³/mol. The van der Waals surface area contributed by atoms with Crippen molar-refractivity contribution in [2.75, 3.05) is 44.2 Å². The van der Waals surface area contributed by atoms with Crippen LogP contribution in [0.15, 0.2) is 58.8 Å². The molecule has 2 aliphatic rings. The molecule has 3 heterocycles. The molecule has 10 heteroatoms. The van der Waals surface area contributed by atoms with Crippen LogP contribution in [0.4, 0.5) is 5.69 Å². The summed E-state index contributed by atoms with van der Waals surface area (Å²) in [5, 5.41) is 0.221. The average Bonchev–Trinajstić information content (AvgIpc) is 3.50. The Kier molecular flexibility index (Phi) is 7.58. The Morgan fingerprint density at radius 2 is 1.65 bits per heavy atom. The van der Waals surface area contributed by atoms with Crippen molar-refractivity contribution in [3.05, 3.63) is 80.6 Å². The number of halogens is 2. The number of nitrogens with zero attached hydrogens (tertiary/aromatic N) is 3. The van der Waals surface area contributed by atoms with E-state index in [4.69, 9.17) is 23.2 Å². The van der Waals surface area contributed by atoms with Crippen molar-refractivity contribution >= 4 is 56.2 Å². The maximum Gasteiger partial charge on any atom is 0.252 e. The number of piperazine rings is 1. The topological polar surface area (TPSA) is 60.9 Å². The van der Waals surface area contributed by atoms with E-state index in [1.807, 2.05) is 35.2 Å². The van der Waals surface area contributed by atoms with Crippen LogP contribution in [-0.4, -0.2) is 62.8 Å². The first-order valence-electron chi connectivity index (χ1n) is 12.3. The third kappa shape index (κ3) is 5.27. The molecule has 0 saturated carbocycles. The van der Waals surface area contributed by atoms with Crippen LogP contribution in [0.1, 0.15) is 22.6 Å². The van der Waals surface area contributed by atoms with Crippen LogP contribution in [0.25, 0.3) is 0 Å². The molecular formula is C27H29Cl2N3O3S2. The molecular weight excluding hydrogens is 549 g/mol. The van der Waals surface area contributed by atoms with Crippen LogP contribution in [0.2, 0.25) is 9.36 Å². The highest BCUT2D eigenvalue weighted by atomic mass is 35.5. The van der Waals surface area contributed by atoms with Crippen molar-refractivity contribution in [3.8, 4) is 0 Å². The minimum absolute atomic E-state index is 0.00871. The second kappa shape index (κ2) is 10.6. The quantitative estimate of drug-likeness (QED) is 0.406. The minimum Gasteiger partial charge on any atom is -0.368 e. The summed E-state index contributed by atoms with van der Waals surface area (Å²) in [6, 6.07) is 17.5. The molecule has 2 atom stereocenters. The van der Waals surface area contributed by atoms with E-state index in [1.54, 1.807) is 0 Å². The van der Waals surface area contributed by atoms with E-state index in [1.165, 1.54) is 27.2 Å². The number of hydrogen-bond acceptors (Lipinski definition) is 5. The Morgan fingerprint density at radius 1 is 0.946 bits per heavy atom. The van der Waals surface area contributed by atoms with Crippen LogP contribution < -0.4 is 4.90 Å².